The highest BCUT2D eigenvalue weighted by Gasteiger charge is 2.34. The maximum absolute atomic E-state index is 12.3. The molecule has 1 aromatic rings. The molecule has 3 atom stereocenters. The molecule has 1 aliphatic carbocycles. The summed E-state index contributed by atoms with van der Waals surface area (Å²) in [5, 5.41) is 17.9. The van der Waals surface area contributed by atoms with Gasteiger partial charge < -0.3 is 10.4 Å². The maximum atomic E-state index is 12.3. The molecule has 0 saturated heterocycles. The number of nitrogens with one attached hydrogen (secondary N) is 1. The first-order chi connectivity index (χ1) is 11.7. The Morgan fingerprint density at radius 3 is 2.88 bits per heavy atom. The van der Waals surface area contributed by atoms with E-state index in [4.69, 9.17) is 5.14 Å². The van der Waals surface area contributed by atoms with Crippen molar-refractivity contribution < 1.29 is 22.5 Å². The molecule has 0 amide bonds. The monoisotopic (exact) mass is 368 g/mol. The Morgan fingerprint density at radius 1 is 1.52 bits per heavy atom. The molecule has 1 heterocycles. The first-order valence-corrected chi connectivity index (χ1v) is 8.96. The van der Waals surface area contributed by atoms with Crippen molar-refractivity contribution in [2.24, 2.45) is 11.1 Å². The molecule has 0 spiro atoms. The van der Waals surface area contributed by atoms with E-state index in [-0.39, 0.29) is 29.6 Å². The van der Waals surface area contributed by atoms with Crippen LogP contribution in [0, 0.1) is 5.92 Å². The van der Waals surface area contributed by atoms with Gasteiger partial charge in [-0.3, -0.25) is 8.98 Å². The molecule has 1 aromatic heterocycles. The Kier molecular flexibility index (Phi) is 6.01. The molecule has 0 radical (unpaired) electrons. The third kappa shape index (κ3) is 5.16. The van der Waals surface area contributed by atoms with Crippen LogP contribution in [0.3, 0.4) is 0 Å². The number of nitrogens with two attached hydrogens (primary N) is 1. The van der Waals surface area contributed by atoms with Crippen LogP contribution in [0.15, 0.2) is 37.3 Å². The number of aliphatic hydroxyl groups excluding tert-OH is 1. The van der Waals surface area contributed by atoms with Crippen LogP contribution in [0.1, 0.15) is 23.2 Å². The minimum Gasteiger partial charge on any atom is -0.393 e. The number of anilines is 1. The van der Waals surface area contributed by atoms with Gasteiger partial charge in [-0.15, -0.1) is 0 Å². The second-order valence-electron chi connectivity index (χ2n) is 5.76. The molecule has 9 nitrogen and oxygen atoms in total. The van der Waals surface area contributed by atoms with Crippen LogP contribution < -0.4 is 10.5 Å². The average Bonchev–Trinajstić information content (AvgIpc) is 2.91. The number of ketones is 1. The van der Waals surface area contributed by atoms with Crippen LogP contribution in [0.2, 0.25) is 0 Å². The SMILES string of the molecule is C=CC(=C)C(=O)c1cncnc1NC1CC(O)C(COS(N)(=O)=O)C1. The van der Waals surface area contributed by atoms with Crippen LogP contribution in [-0.2, 0) is 14.5 Å². The van der Waals surface area contributed by atoms with E-state index >= 15 is 0 Å². The van der Waals surface area contributed by atoms with E-state index in [2.05, 4.69) is 32.6 Å². The van der Waals surface area contributed by atoms with Gasteiger partial charge in [0.15, 0.2) is 5.78 Å². The minimum absolute atomic E-state index is 0.207. The maximum Gasteiger partial charge on any atom is 0.333 e. The lowest BCUT2D eigenvalue weighted by atomic mass is 10.1. The van der Waals surface area contributed by atoms with E-state index in [0.717, 1.165) is 0 Å². The summed E-state index contributed by atoms with van der Waals surface area (Å²) in [5.41, 5.74) is 0.454. The molecule has 136 valence electrons. The molecule has 0 aromatic carbocycles. The Labute approximate surface area is 145 Å². The summed E-state index contributed by atoms with van der Waals surface area (Å²) in [5.74, 6) is -0.445. The number of hydrogen-bond donors (Lipinski definition) is 3. The highest BCUT2D eigenvalue weighted by Crippen LogP contribution is 2.29. The first-order valence-electron chi connectivity index (χ1n) is 7.49. The van der Waals surface area contributed by atoms with Crippen molar-refractivity contribution in [3.05, 3.63) is 42.9 Å². The predicted molar refractivity (Wildman–Crippen MR) is 90.9 cm³/mol. The van der Waals surface area contributed by atoms with Crippen molar-refractivity contribution in [3.63, 3.8) is 0 Å². The normalized spacial score (nSPS) is 23.2. The quantitative estimate of drug-likeness (QED) is 0.335. The van der Waals surface area contributed by atoms with E-state index in [1.54, 1.807) is 0 Å². The Bertz CT molecular complexity index is 780. The summed E-state index contributed by atoms with van der Waals surface area (Å²) in [6, 6.07) is -0.220. The summed E-state index contributed by atoms with van der Waals surface area (Å²) in [4.78, 5) is 20.2. The number of nitrogens with zero attached hydrogens (tertiary/aromatic N) is 2. The smallest absolute Gasteiger partial charge is 0.333 e. The molecular formula is C15H20N4O5S. The van der Waals surface area contributed by atoms with Gasteiger partial charge in [-0.25, -0.2) is 15.1 Å². The zero-order chi connectivity index (χ0) is 18.6. The lowest BCUT2D eigenvalue weighted by molar-refractivity contribution is 0.101. The van der Waals surface area contributed by atoms with Crippen LogP contribution in [-0.4, -0.2) is 48.0 Å². The number of carbonyl (C=O) groups excluding carboxylic acids is 1. The highest BCUT2D eigenvalue weighted by molar-refractivity contribution is 7.84. The zero-order valence-electron chi connectivity index (χ0n) is 13.5. The number of carbonyl (C=O) groups is 1. The van der Waals surface area contributed by atoms with Crippen molar-refractivity contribution in [2.45, 2.75) is 25.0 Å². The fraction of sp³-hybridized carbons (Fsp3) is 0.400. The number of hydrogen-bond acceptors (Lipinski definition) is 8. The summed E-state index contributed by atoms with van der Waals surface area (Å²) in [6.45, 7) is 6.92. The van der Waals surface area contributed by atoms with Gasteiger partial charge in [-0.05, 0) is 12.8 Å². The van der Waals surface area contributed by atoms with Crippen molar-refractivity contribution in [1.29, 1.82) is 0 Å². The minimum atomic E-state index is -4.06. The number of Topliss-reactive ketones (excluding diaryl/α,β-unsaturated/α-hetero) is 1. The van der Waals surface area contributed by atoms with E-state index in [0.29, 0.717) is 18.7 Å². The second kappa shape index (κ2) is 7.83. The van der Waals surface area contributed by atoms with Gasteiger partial charge in [0.25, 0.3) is 0 Å². The van der Waals surface area contributed by atoms with E-state index in [9.17, 15) is 18.3 Å². The van der Waals surface area contributed by atoms with Gasteiger partial charge in [-0.2, -0.15) is 8.42 Å². The van der Waals surface area contributed by atoms with Crippen molar-refractivity contribution in [2.75, 3.05) is 11.9 Å². The number of aliphatic hydroxyl groups is 1. The average molecular weight is 368 g/mol. The summed E-state index contributed by atoms with van der Waals surface area (Å²) in [6.07, 6.45) is 4.03. The number of allylic oxidation sites excluding steroid dienone is 2. The zero-order valence-corrected chi connectivity index (χ0v) is 14.3. The first kappa shape index (κ1) is 19.2. The Morgan fingerprint density at radius 2 is 2.24 bits per heavy atom. The summed E-state index contributed by atoms with van der Waals surface area (Å²) < 4.78 is 26.3. The third-order valence-corrected chi connectivity index (χ3v) is 4.40. The van der Waals surface area contributed by atoms with Crippen LogP contribution >= 0.6 is 0 Å². The molecule has 10 heteroatoms. The van der Waals surface area contributed by atoms with Gasteiger partial charge in [0.1, 0.15) is 12.1 Å². The molecule has 1 fully saturated rings. The molecule has 25 heavy (non-hydrogen) atoms. The van der Waals surface area contributed by atoms with Crippen molar-refractivity contribution in [1.82, 2.24) is 9.97 Å². The van der Waals surface area contributed by atoms with Gasteiger partial charge in [0.05, 0.1) is 18.3 Å². The summed E-state index contributed by atoms with van der Waals surface area (Å²) >= 11 is 0. The fourth-order valence-corrected chi connectivity index (χ4v) is 3.02. The molecule has 4 N–H and O–H groups in total. The largest absolute Gasteiger partial charge is 0.393 e. The lowest BCUT2D eigenvalue weighted by Gasteiger charge is -2.15. The van der Waals surface area contributed by atoms with E-state index < -0.39 is 22.3 Å². The van der Waals surface area contributed by atoms with Gasteiger partial charge >= 0.3 is 10.3 Å². The van der Waals surface area contributed by atoms with Crippen molar-refractivity contribution >= 4 is 21.9 Å². The second-order valence-corrected chi connectivity index (χ2v) is 6.98. The fourth-order valence-electron chi connectivity index (χ4n) is 2.65. The molecule has 3 unspecified atom stereocenters. The highest BCUT2D eigenvalue weighted by atomic mass is 32.2. The number of rotatable bonds is 8. The van der Waals surface area contributed by atoms with Crippen LogP contribution in [0.5, 0.6) is 0 Å². The molecule has 2 rings (SSSR count). The molecule has 1 saturated carbocycles. The van der Waals surface area contributed by atoms with Gasteiger partial charge in [0, 0.05) is 23.7 Å². The Balaban J connectivity index is 2.07. The van der Waals surface area contributed by atoms with Crippen LogP contribution in [0.4, 0.5) is 5.82 Å². The molecular weight excluding hydrogens is 348 g/mol. The Hall–Kier alpha value is -2.14. The molecule has 0 bridgehead atoms. The lowest BCUT2D eigenvalue weighted by Crippen LogP contribution is -2.24. The van der Waals surface area contributed by atoms with Gasteiger partial charge in [0.2, 0.25) is 0 Å². The van der Waals surface area contributed by atoms with Crippen molar-refractivity contribution in [3.8, 4) is 0 Å². The number of aromatic nitrogens is 2. The van der Waals surface area contributed by atoms with E-state index in [1.807, 2.05) is 0 Å². The van der Waals surface area contributed by atoms with Crippen LogP contribution in [0.25, 0.3) is 0 Å². The topological polar surface area (TPSA) is 144 Å². The standard InChI is InChI=1S/C15H20N4O5S/c1-3-9(2)14(21)12-6-17-8-18-15(12)19-11-4-10(13(20)5-11)7-24-25(16,22)23/h3,6,8,10-11,13,20H,1-2,4-5,7H2,(H2,16,22,23)(H,17,18,19). The third-order valence-electron chi connectivity index (χ3n) is 3.94. The van der Waals surface area contributed by atoms with E-state index in [1.165, 1.54) is 18.6 Å². The van der Waals surface area contributed by atoms with Gasteiger partial charge in [-0.1, -0.05) is 19.2 Å². The predicted octanol–water partition coefficient (Wildman–Crippen LogP) is 0.173. The summed E-state index contributed by atoms with van der Waals surface area (Å²) in [7, 11) is -4.06. The molecule has 0 aliphatic heterocycles. The molecule has 1 aliphatic rings.